The molecule has 2 unspecified atom stereocenters. The lowest BCUT2D eigenvalue weighted by Crippen LogP contribution is -2.47. The largest absolute Gasteiger partial charge is 0.467 e. The first kappa shape index (κ1) is 21.6. The molecule has 0 saturated carbocycles. The summed E-state index contributed by atoms with van der Waals surface area (Å²) in [5.74, 6) is -1.16. The standard InChI is InChI=1S/C17H31NO6Si/c1-8-9-10-23-16(21)18-12(15(20)22-5)11-13(14(18)19)24-25(6,7)17(2,3)4/h12-13H,8-11H2,1-7H3. The monoisotopic (exact) mass is 373 g/mol. The molecule has 0 aromatic heterocycles. The number of ether oxygens (including phenoxy) is 2. The highest BCUT2D eigenvalue weighted by molar-refractivity contribution is 6.74. The lowest BCUT2D eigenvalue weighted by molar-refractivity contribution is -0.148. The van der Waals surface area contributed by atoms with E-state index in [0.717, 1.165) is 11.3 Å². The van der Waals surface area contributed by atoms with Crippen molar-refractivity contribution in [1.29, 1.82) is 0 Å². The molecular formula is C17H31NO6Si. The van der Waals surface area contributed by atoms with Gasteiger partial charge in [-0.2, -0.15) is 0 Å². The highest BCUT2D eigenvalue weighted by atomic mass is 28.4. The zero-order valence-electron chi connectivity index (χ0n) is 16.4. The number of nitrogens with zero attached hydrogens (tertiary/aromatic N) is 1. The number of unbranched alkanes of at least 4 members (excludes halogenated alkanes) is 1. The molecule has 1 fully saturated rings. The van der Waals surface area contributed by atoms with E-state index in [2.05, 4.69) is 20.8 Å². The molecule has 0 aromatic rings. The number of likely N-dealkylation sites (tertiary alicyclic amines) is 1. The smallest absolute Gasteiger partial charge is 0.417 e. The van der Waals surface area contributed by atoms with Gasteiger partial charge in [0.25, 0.3) is 5.91 Å². The second kappa shape index (κ2) is 8.31. The predicted molar refractivity (Wildman–Crippen MR) is 95.6 cm³/mol. The molecule has 1 rings (SSSR count). The van der Waals surface area contributed by atoms with Crippen LogP contribution in [-0.4, -0.2) is 57.0 Å². The van der Waals surface area contributed by atoms with Crippen LogP contribution >= 0.6 is 0 Å². The number of carbonyl (C=O) groups is 3. The summed E-state index contributed by atoms with van der Waals surface area (Å²) in [6, 6.07) is -0.999. The third kappa shape index (κ3) is 5.04. The van der Waals surface area contributed by atoms with E-state index >= 15 is 0 Å². The number of imide groups is 1. The Hall–Kier alpha value is -1.41. The van der Waals surface area contributed by atoms with Gasteiger partial charge in [-0.05, 0) is 24.6 Å². The van der Waals surface area contributed by atoms with Crippen LogP contribution < -0.4 is 0 Å². The summed E-state index contributed by atoms with van der Waals surface area (Å²) in [6.45, 7) is 12.4. The normalized spacial score (nSPS) is 21.4. The molecule has 2 atom stereocenters. The average molecular weight is 374 g/mol. The highest BCUT2D eigenvalue weighted by Gasteiger charge is 2.51. The minimum Gasteiger partial charge on any atom is -0.467 e. The van der Waals surface area contributed by atoms with Crippen LogP contribution in [0.3, 0.4) is 0 Å². The van der Waals surface area contributed by atoms with Crippen molar-refractivity contribution in [2.45, 2.75) is 77.2 Å². The van der Waals surface area contributed by atoms with Crippen molar-refractivity contribution in [1.82, 2.24) is 4.90 Å². The number of rotatable bonds is 6. The van der Waals surface area contributed by atoms with Gasteiger partial charge in [0.1, 0.15) is 12.1 Å². The summed E-state index contributed by atoms with van der Waals surface area (Å²) < 4.78 is 16.0. The van der Waals surface area contributed by atoms with Crippen LogP contribution in [0.1, 0.15) is 47.0 Å². The maximum Gasteiger partial charge on any atom is 0.417 e. The minimum absolute atomic E-state index is 0.0942. The van der Waals surface area contributed by atoms with E-state index in [-0.39, 0.29) is 18.1 Å². The Labute approximate surface area is 151 Å². The molecule has 7 nitrogen and oxygen atoms in total. The minimum atomic E-state index is -2.23. The molecule has 25 heavy (non-hydrogen) atoms. The van der Waals surface area contributed by atoms with Gasteiger partial charge in [0, 0.05) is 6.42 Å². The lowest BCUT2D eigenvalue weighted by atomic mass is 10.2. The zero-order valence-corrected chi connectivity index (χ0v) is 17.4. The molecule has 1 aliphatic rings. The van der Waals surface area contributed by atoms with E-state index in [4.69, 9.17) is 13.9 Å². The van der Waals surface area contributed by atoms with E-state index in [9.17, 15) is 14.4 Å². The van der Waals surface area contributed by atoms with Gasteiger partial charge in [0.2, 0.25) is 0 Å². The molecule has 1 aliphatic heterocycles. The third-order valence-corrected chi connectivity index (χ3v) is 9.38. The van der Waals surface area contributed by atoms with E-state index in [1.54, 1.807) is 0 Å². The van der Waals surface area contributed by atoms with Crippen LogP contribution in [0.4, 0.5) is 4.79 Å². The van der Waals surface area contributed by atoms with Gasteiger partial charge < -0.3 is 13.9 Å². The molecule has 2 amide bonds. The molecule has 0 aromatic carbocycles. The van der Waals surface area contributed by atoms with Crippen molar-refractivity contribution in [3.8, 4) is 0 Å². The second-order valence-corrected chi connectivity index (χ2v) is 12.6. The van der Waals surface area contributed by atoms with Crippen LogP contribution in [0.15, 0.2) is 0 Å². The fraction of sp³-hybridized carbons (Fsp3) is 0.824. The third-order valence-electron chi connectivity index (χ3n) is 4.90. The first-order chi connectivity index (χ1) is 11.5. The van der Waals surface area contributed by atoms with Crippen molar-refractivity contribution in [3.63, 3.8) is 0 Å². The summed E-state index contributed by atoms with van der Waals surface area (Å²) in [7, 11) is -1.00. The maximum absolute atomic E-state index is 12.7. The maximum atomic E-state index is 12.7. The first-order valence-electron chi connectivity index (χ1n) is 8.71. The van der Waals surface area contributed by atoms with Gasteiger partial charge in [-0.3, -0.25) is 4.79 Å². The van der Waals surface area contributed by atoms with Gasteiger partial charge in [-0.25, -0.2) is 14.5 Å². The number of hydrogen-bond donors (Lipinski definition) is 0. The average Bonchev–Trinajstić information content (AvgIpc) is 2.82. The molecule has 0 aliphatic carbocycles. The van der Waals surface area contributed by atoms with Gasteiger partial charge in [-0.1, -0.05) is 34.1 Å². The van der Waals surface area contributed by atoms with Crippen LogP contribution in [0.2, 0.25) is 18.1 Å². The Bertz CT molecular complexity index is 514. The van der Waals surface area contributed by atoms with E-state index in [0.29, 0.717) is 6.42 Å². The van der Waals surface area contributed by atoms with Gasteiger partial charge in [0.15, 0.2) is 8.32 Å². The Morgan fingerprint density at radius 2 is 1.88 bits per heavy atom. The zero-order chi connectivity index (χ0) is 19.4. The van der Waals surface area contributed by atoms with Crippen molar-refractivity contribution in [2.75, 3.05) is 13.7 Å². The van der Waals surface area contributed by atoms with Gasteiger partial charge >= 0.3 is 12.1 Å². The van der Waals surface area contributed by atoms with Gasteiger partial charge in [-0.15, -0.1) is 0 Å². The highest BCUT2D eigenvalue weighted by Crippen LogP contribution is 2.39. The molecule has 1 saturated heterocycles. The molecule has 0 N–H and O–H groups in total. The second-order valence-electron chi connectivity index (χ2n) is 7.82. The number of methoxy groups -OCH3 is 1. The Balaban J connectivity index is 2.97. The van der Waals surface area contributed by atoms with E-state index in [1.165, 1.54) is 7.11 Å². The number of esters is 1. The predicted octanol–water partition coefficient (Wildman–Crippen LogP) is 3.09. The topological polar surface area (TPSA) is 82.1 Å². The molecule has 1 heterocycles. The van der Waals surface area contributed by atoms with Crippen LogP contribution in [-0.2, 0) is 23.5 Å². The van der Waals surface area contributed by atoms with Crippen molar-refractivity contribution < 1.29 is 28.3 Å². The molecule has 144 valence electrons. The molecule has 8 heteroatoms. The fourth-order valence-corrected chi connectivity index (χ4v) is 3.54. The summed E-state index contributed by atoms with van der Waals surface area (Å²) in [6.07, 6.45) is 0.0131. The first-order valence-corrected chi connectivity index (χ1v) is 11.6. The number of carbonyl (C=O) groups excluding carboxylic acids is 3. The van der Waals surface area contributed by atoms with Gasteiger partial charge in [0.05, 0.1) is 13.7 Å². The molecule has 0 radical (unpaired) electrons. The van der Waals surface area contributed by atoms with Crippen molar-refractivity contribution in [2.24, 2.45) is 0 Å². The quantitative estimate of drug-likeness (QED) is 0.404. The summed E-state index contributed by atoms with van der Waals surface area (Å²) in [4.78, 5) is 37.9. The summed E-state index contributed by atoms with van der Waals surface area (Å²) >= 11 is 0. The number of hydrogen-bond acceptors (Lipinski definition) is 6. The Kier molecular flexibility index (Phi) is 7.19. The van der Waals surface area contributed by atoms with Crippen LogP contribution in [0, 0.1) is 0 Å². The van der Waals surface area contributed by atoms with Crippen molar-refractivity contribution >= 4 is 26.3 Å². The van der Waals surface area contributed by atoms with Crippen LogP contribution in [0.25, 0.3) is 0 Å². The Morgan fingerprint density at radius 1 is 1.28 bits per heavy atom. The molecule has 0 spiro atoms. The summed E-state index contributed by atoms with van der Waals surface area (Å²) in [5.41, 5.74) is 0. The van der Waals surface area contributed by atoms with E-state index < -0.39 is 38.4 Å². The van der Waals surface area contributed by atoms with Crippen molar-refractivity contribution in [3.05, 3.63) is 0 Å². The SMILES string of the molecule is CCCCOC(=O)N1C(=O)C(O[Si](C)(C)C(C)(C)C)CC1C(=O)OC. The summed E-state index contributed by atoms with van der Waals surface area (Å²) in [5, 5.41) is -0.0942. The molecular weight excluding hydrogens is 342 g/mol. The molecule has 0 bridgehead atoms. The van der Waals surface area contributed by atoms with E-state index in [1.807, 2.05) is 20.0 Å². The lowest BCUT2D eigenvalue weighted by Gasteiger charge is -2.37. The number of amides is 2. The Morgan fingerprint density at radius 3 is 2.36 bits per heavy atom. The van der Waals surface area contributed by atoms with Crippen LogP contribution in [0.5, 0.6) is 0 Å². The fourth-order valence-electron chi connectivity index (χ4n) is 2.28.